The molecule has 2 rings (SSSR count). The average molecular weight is 209 g/mol. The summed E-state index contributed by atoms with van der Waals surface area (Å²) in [6.45, 7) is 2.68. The number of carbonyl (C=O) groups is 1. The van der Waals surface area contributed by atoms with Crippen molar-refractivity contribution in [1.29, 1.82) is 0 Å². The highest BCUT2D eigenvalue weighted by molar-refractivity contribution is 5.80. The van der Waals surface area contributed by atoms with Gasteiger partial charge in [0.2, 0.25) is 0 Å². The lowest BCUT2D eigenvalue weighted by Crippen LogP contribution is -2.33. The van der Waals surface area contributed by atoms with E-state index in [1.807, 2.05) is 6.92 Å². The van der Waals surface area contributed by atoms with E-state index in [4.69, 9.17) is 0 Å². The molecular formula is C10H15N3O2. The van der Waals surface area contributed by atoms with Crippen LogP contribution in [0.15, 0.2) is 6.20 Å². The topological polar surface area (TPSA) is 68.0 Å². The third-order valence-corrected chi connectivity index (χ3v) is 3.22. The second-order valence-electron chi connectivity index (χ2n) is 4.05. The molecular weight excluding hydrogens is 194 g/mol. The molecule has 1 N–H and O–H groups in total. The zero-order valence-electron chi connectivity index (χ0n) is 8.81. The van der Waals surface area contributed by atoms with Crippen LogP contribution in [0.3, 0.4) is 0 Å². The molecule has 5 heteroatoms. The Hall–Kier alpha value is -1.39. The quantitative estimate of drug-likeness (QED) is 0.812. The maximum absolute atomic E-state index is 11.3. The Labute approximate surface area is 88.1 Å². The molecule has 1 heterocycles. The van der Waals surface area contributed by atoms with E-state index in [0.29, 0.717) is 18.5 Å². The van der Waals surface area contributed by atoms with Crippen LogP contribution in [0.25, 0.3) is 0 Å². The van der Waals surface area contributed by atoms with E-state index in [0.717, 1.165) is 19.4 Å². The zero-order chi connectivity index (χ0) is 10.9. The molecule has 1 aliphatic rings. The molecule has 0 radical (unpaired) electrons. The minimum absolute atomic E-state index is 0.620. The van der Waals surface area contributed by atoms with Crippen LogP contribution in [0.5, 0.6) is 0 Å². The molecule has 0 aliphatic heterocycles. The fraction of sp³-hybridized carbons (Fsp3) is 0.700. The smallest absolute Gasteiger partial charge is 0.315 e. The highest BCUT2D eigenvalue weighted by atomic mass is 16.4. The molecule has 0 bridgehead atoms. The van der Waals surface area contributed by atoms with Crippen molar-refractivity contribution in [3.63, 3.8) is 0 Å². The van der Waals surface area contributed by atoms with Crippen molar-refractivity contribution in [1.82, 2.24) is 15.0 Å². The second-order valence-corrected chi connectivity index (χ2v) is 4.05. The number of aryl methyl sites for hydroxylation is 1. The molecule has 1 fully saturated rings. The summed E-state index contributed by atoms with van der Waals surface area (Å²) in [5.74, 6) is -0.761. The summed E-state index contributed by atoms with van der Waals surface area (Å²) in [6.07, 6.45) is 5.06. The first-order chi connectivity index (χ1) is 7.19. The van der Waals surface area contributed by atoms with Crippen molar-refractivity contribution in [3.05, 3.63) is 11.9 Å². The molecule has 1 aromatic heterocycles. The summed E-state index contributed by atoms with van der Waals surface area (Å²) in [4.78, 5) is 11.3. The lowest BCUT2D eigenvalue weighted by atomic mass is 9.83. The first-order valence-electron chi connectivity index (χ1n) is 5.33. The molecule has 15 heavy (non-hydrogen) atoms. The van der Waals surface area contributed by atoms with Crippen molar-refractivity contribution in [3.8, 4) is 0 Å². The van der Waals surface area contributed by atoms with Gasteiger partial charge in [0.25, 0.3) is 0 Å². The van der Waals surface area contributed by atoms with Gasteiger partial charge in [-0.25, -0.2) is 0 Å². The summed E-state index contributed by atoms with van der Waals surface area (Å²) >= 11 is 0. The molecule has 0 unspecified atom stereocenters. The molecule has 1 saturated carbocycles. The lowest BCUT2D eigenvalue weighted by molar-refractivity contribution is -0.143. The van der Waals surface area contributed by atoms with E-state index in [-0.39, 0.29) is 0 Å². The standard InChI is InChI=1S/C10H15N3O2/c1-2-13-7-8(11-12-13)10(9(14)15)5-3-4-6-10/h7H,2-6H2,1H3,(H,14,15). The molecule has 1 aromatic rings. The van der Waals surface area contributed by atoms with Crippen molar-refractivity contribution in [2.45, 2.75) is 44.6 Å². The molecule has 0 atom stereocenters. The van der Waals surface area contributed by atoms with Crippen molar-refractivity contribution in [2.24, 2.45) is 0 Å². The summed E-state index contributed by atoms with van der Waals surface area (Å²) in [5.41, 5.74) is -0.151. The van der Waals surface area contributed by atoms with E-state index < -0.39 is 11.4 Å². The van der Waals surface area contributed by atoms with Crippen LogP contribution in [-0.2, 0) is 16.8 Å². The predicted octanol–water partition coefficient (Wildman–Crippen LogP) is 1.19. The van der Waals surface area contributed by atoms with Crippen LogP contribution in [0.1, 0.15) is 38.3 Å². The van der Waals surface area contributed by atoms with E-state index in [1.54, 1.807) is 10.9 Å². The molecule has 0 saturated heterocycles. The summed E-state index contributed by atoms with van der Waals surface area (Å²) in [7, 11) is 0. The minimum Gasteiger partial charge on any atom is -0.481 e. The predicted molar refractivity (Wildman–Crippen MR) is 53.5 cm³/mol. The van der Waals surface area contributed by atoms with Gasteiger partial charge < -0.3 is 5.11 Å². The summed E-state index contributed by atoms with van der Waals surface area (Å²) in [5, 5.41) is 17.2. The largest absolute Gasteiger partial charge is 0.481 e. The number of hydrogen-bond acceptors (Lipinski definition) is 3. The van der Waals surface area contributed by atoms with Crippen LogP contribution in [0.2, 0.25) is 0 Å². The first-order valence-corrected chi connectivity index (χ1v) is 5.33. The third-order valence-electron chi connectivity index (χ3n) is 3.22. The van der Waals surface area contributed by atoms with Crippen molar-refractivity contribution in [2.75, 3.05) is 0 Å². The van der Waals surface area contributed by atoms with Crippen LogP contribution >= 0.6 is 0 Å². The third kappa shape index (κ3) is 1.52. The fourth-order valence-corrected chi connectivity index (χ4v) is 2.23. The number of aliphatic carboxylic acids is 1. The Kier molecular flexibility index (Phi) is 2.46. The summed E-state index contributed by atoms with van der Waals surface area (Å²) < 4.78 is 1.68. The molecule has 5 nitrogen and oxygen atoms in total. The molecule has 82 valence electrons. The van der Waals surface area contributed by atoms with Gasteiger partial charge in [0, 0.05) is 12.7 Å². The number of nitrogens with zero attached hydrogens (tertiary/aromatic N) is 3. The monoisotopic (exact) mass is 209 g/mol. The van der Waals surface area contributed by atoms with Gasteiger partial charge >= 0.3 is 5.97 Å². The normalized spacial score (nSPS) is 19.3. The molecule has 0 spiro atoms. The van der Waals surface area contributed by atoms with Gasteiger partial charge in [0.15, 0.2) is 0 Å². The summed E-state index contributed by atoms with van der Waals surface area (Å²) in [6, 6.07) is 0. The average Bonchev–Trinajstić information content (AvgIpc) is 2.87. The van der Waals surface area contributed by atoms with E-state index in [2.05, 4.69) is 10.3 Å². The number of aromatic nitrogens is 3. The maximum atomic E-state index is 11.3. The number of carboxylic acid groups (broad SMARTS) is 1. The van der Waals surface area contributed by atoms with E-state index >= 15 is 0 Å². The van der Waals surface area contributed by atoms with Gasteiger partial charge in [-0.3, -0.25) is 9.48 Å². The first kappa shape index (κ1) is 10.1. The Balaban J connectivity index is 2.36. The van der Waals surface area contributed by atoms with Gasteiger partial charge in [-0.2, -0.15) is 0 Å². The molecule has 0 amide bonds. The minimum atomic E-state index is -0.770. The van der Waals surface area contributed by atoms with Crippen LogP contribution < -0.4 is 0 Å². The Bertz CT molecular complexity index is 366. The Morgan fingerprint density at radius 1 is 1.60 bits per heavy atom. The highest BCUT2D eigenvalue weighted by Crippen LogP contribution is 2.40. The van der Waals surface area contributed by atoms with Crippen LogP contribution in [0.4, 0.5) is 0 Å². The van der Waals surface area contributed by atoms with Crippen molar-refractivity contribution < 1.29 is 9.90 Å². The van der Waals surface area contributed by atoms with Gasteiger partial charge in [0.05, 0.1) is 5.69 Å². The van der Waals surface area contributed by atoms with Gasteiger partial charge in [-0.1, -0.05) is 18.1 Å². The lowest BCUT2D eigenvalue weighted by Gasteiger charge is -2.20. The SMILES string of the molecule is CCn1cc(C2(C(=O)O)CCCC2)nn1. The fourth-order valence-electron chi connectivity index (χ4n) is 2.23. The highest BCUT2D eigenvalue weighted by Gasteiger charge is 2.45. The number of hydrogen-bond donors (Lipinski definition) is 1. The zero-order valence-corrected chi connectivity index (χ0v) is 8.81. The molecule has 0 aromatic carbocycles. The molecule has 1 aliphatic carbocycles. The van der Waals surface area contributed by atoms with Crippen LogP contribution in [-0.4, -0.2) is 26.1 Å². The number of rotatable bonds is 3. The van der Waals surface area contributed by atoms with Gasteiger partial charge in [-0.15, -0.1) is 5.10 Å². The second kappa shape index (κ2) is 3.64. The number of carboxylic acids is 1. The van der Waals surface area contributed by atoms with Crippen molar-refractivity contribution >= 4 is 5.97 Å². The van der Waals surface area contributed by atoms with E-state index in [1.165, 1.54) is 0 Å². The van der Waals surface area contributed by atoms with Crippen LogP contribution in [0, 0.1) is 0 Å². The van der Waals surface area contributed by atoms with E-state index in [9.17, 15) is 9.90 Å². The van der Waals surface area contributed by atoms with Gasteiger partial charge in [0.1, 0.15) is 5.41 Å². The Morgan fingerprint density at radius 3 is 2.73 bits per heavy atom. The Morgan fingerprint density at radius 2 is 2.27 bits per heavy atom. The van der Waals surface area contributed by atoms with Gasteiger partial charge in [-0.05, 0) is 19.8 Å². The maximum Gasteiger partial charge on any atom is 0.315 e.